The molecule has 0 bridgehead atoms. The van der Waals surface area contributed by atoms with Gasteiger partial charge in [0.1, 0.15) is 12.1 Å². The van der Waals surface area contributed by atoms with E-state index in [2.05, 4.69) is 87.0 Å². The number of hydrogen-bond acceptors (Lipinski definition) is 4. The first-order valence-corrected chi connectivity index (χ1v) is 10.5. The second-order valence-corrected chi connectivity index (χ2v) is 8.32. The second kappa shape index (κ2) is 7.22. The second-order valence-electron chi connectivity index (χ2n) is 7.47. The Bertz CT molecular complexity index is 1410. The van der Waals surface area contributed by atoms with Gasteiger partial charge in [0.25, 0.3) is 0 Å². The molecule has 30 heavy (non-hydrogen) atoms. The van der Waals surface area contributed by atoms with Crippen LogP contribution in [-0.2, 0) is 7.05 Å². The van der Waals surface area contributed by atoms with E-state index in [0.29, 0.717) is 11.5 Å². The molecule has 1 atom stereocenters. The minimum absolute atomic E-state index is 0.0769. The predicted octanol–water partition coefficient (Wildman–Crippen LogP) is 5.68. The van der Waals surface area contributed by atoms with Crippen LogP contribution in [0.3, 0.4) is 0 Å². The van der Waals surface area contributed by atoms with Gasteiger partial charge in [0, 0.05) is 40.1 Å². The number of rotatable bonds is 3. The Balaban J connectivity index is 1.81. The van der Waals surface area contributed by atoms with Crippen molar-refractivity contribution in [3.63, 3.8) is 0 Å². The van der Waals surface area contributed by atoms with Crippen molar-refractivity contribution in [2.45, 2.75) is 12.8 Å². The number of aromatic nitrogens is 4. The monoisotopic (exact) mass is 457 g/mol. The molecule has 5 aromatic rings. The number of anilines is 1. The highest BCUT2D eigenvalue weighted by molar-refractivity contribution is 9.10. The summed E-state index contributed by atoms with van der Waals surface area (Å²) in [6.45, 7) is 2.17. The number of fused-ring (bicyclic) bond motifs is 2. The van der Waals surface area contributed by atoms with Gasteiger partial charge in [-0.3, -0.25) is 0 Å². The van der Waals surface area contributed by atoms with Gasteiger partial charge in [-0.15, -0.1) is 0 Å². The zero-order valence-corrected chi connectivity index (χ0v) is 18.3. The summed E-state index contributed by atoms with van der Waals surface area (Å²) in [6, 6.07) is 18.7. The van der Waals surface area contributed by atoms with E-state index in [1.54, 1.807) is 0 Å². The third-order valence-corrected chi connectivity index (χ3v) is 6.40. The molecule has 0 saturated carbocycles. The Labute approximate surface area is 182 Å². The quantitative estimate of drug-likeness (QED) is 0.378. The molecule has 6 heteroatoms. The molecule has 1 unspecified atom stereocenters. The normalized spacial score (nSPS) is 12.5. The summed E-state index contributed by atoms with van der Waals surface area (Å²) in [6.07, 6.45) is 3.60. The predicted molar refractivity (Wildman–Crippen MR) is 125 cm³/mol. The van der Waals surface area contributed by atoms with E-state index in [1.165, 1.54) is 11.9 Å². The first kappa shape index (κ1) is 18.8. The molecule has 5 rings (SSSR count). The van der Waals surface area contributed by atoms with Gasteiger partial charge in [0.2, 0.25) is 0 Å². The van der Waals surface area contributed by atoms with E-state index in [0.717, 1.165) is 37.6 Å². The molecular weight excluding hydrogens is 438 g/mol. The van der Waals surface area contributed by atoms with Gasteiger partial charge in [-0.2, -0.15) is 0 Å². The summed E-state index contributed by atoms with van der Waals surface area (Å²) in [5.41, 5.74) is 12.3. The molecule has 3 heterocycles. The van der Waals surface area contributed by atoms with Crippen LogP contribution in [0.1, 0.15) is 24.0 Å². The minimum Gasteiger partial charge on any atom is -0.383 e. The molecule has 0 amide bonds. The maximum atomic E-state index is 6.29. The van der Waals surface area contributed by atoms with Gasteiger partial charge in [-0.1, -0.05) is 59.3 Å². The fraction of sp³-hybridized carbons (Fsp3) is 0.125. The van der Waals surface area contributed by atoms with Crippen LogP contribution in [0.25, 0.3) is 33.2 Å². The van der Waals surface area contributed by atoms with Crippen LogP contribution in [0, 0.1) is 0 Å². The number of aryl methyl sites for hydroxylation is 1. The summed E-state index contributed by atoms with van der Waals surface area (Å²) >= 11 is 3.69. The molecular formula is C24H20BrN5. The standard InChI is InChI=1S/C24H20BrN5/c1-14(15-7-3-5-9-19(15)25)17-11-20(29-24-22(17)23(26)27-13-28-24)18-12-30(2)21-10-6-4-8-16(18)21/h3-14H,1-2H3,(H2,26,27,28,29). The first-order chi connectivity index (χ1) is 14.5. The van der Waals surface area contributed by atoms with Crippen molar-refractivity contribution in [3.05, 3.63) is 82.7 Å². The molecule has 0 aliphatic rings. The molecule has 2 aromatic carbocycles. The molecule has 148 valence electrons. The summed E-state index contributed by atoms with van der Waals surface area (Å²) in [5.74, 6) is 0.527. The van der Waals surface area contributed by atoms with Gasteiger partial charge in [-0.05, 0) is 29.3 Å². The number of halogens is 1. The molecule has 3 aromatic heterocycles. The van der Waals surface area contributed by atoms with Crippen LogP contribution < -0.4 is 5.73 Å². The fourth-order valence-corrected chi connectivity index (χ4v) is 4.76. The number of nitrogens with zero attached hydrogens (tertiary/aromatic N) is 4. The Hall–Kier alpha value is -3.25. The number of benzene rings is 2. The third-order valence-electron chi connectivity index (χ3n) is 5.67. The third kappa shape index (κ3) is 2.95. The smallest absolute Gasteiger partial charge is 0.165 e. The lowest BCUT2D eigenvalue weighted by molar-refractivity contribution is 0.921. The van der Waals surface area contributed by atoms with Crippen molar-refractivity contribution >= 4 is 43.7 Å². The van der Waals surface area contributed by atoms with Gasteiger partial charge >= 0.3 is 0 Å². The number of hydrogen-bond donors (Lipinski definition) is 1. The maximum Gasteiger partial charge on any atom is 0.165 e. The van der Waals surface area contributed by atoms with Crippen LogP contribution in [0.15, 0.2) is 71.6 Å². The Morgan fingerprint density at radius 3 is 2.60 bits per heavy atom. The lowest BCUT2D eigenvalue weighted by Gasteiger charge is -2.18. The highest BCUT2D eigenvalue weighted by atomic mass is 79.9. The van der Waals surface area contributed by atoms with Gasteiger partial charge in [0.05, 0.1) is 11.1 Å². The van der Waals surface area contributed by atoms with Crippen molar-refractivity contribution in [1.82, 2.24) is 19.5 Å². The van der Waals surface area contributed by atoms with Crippen molar-refractivity contribution < 1.29 is 0 Å². The zero-order chi connectivity index (χ0) is 20.8. The summed E-state index contributed by atoms with van der Waals surface area (Å²) in [7, 11) is 2.05. The lowest BCUT2D eigenvalue weighted by Crippen LogP contribution is -2.04. The van der Waals surface area contributed by atoms with E-state index in [4.69, 9.17) is 10.7 Å². The van der Waals surface area contributed by atoms with Crippen LogP contribution >= 0.6 is 15.9 Å². The Morgan fingerprint density at radius 2 is 1.77 bits per heavy atom. The van der Waals surface area contributed by atoms with Crippen molar-refractivity contribution in [2.75, 3.05) is 5.73 Å². The summed E-state index contributed by atoms with van der Waals surface area (Å²) in [5, 5.41) is 1.97. The molecule has 2 N–H and O–H groups in total. The van der Waals surface area contributed by atoms with E-state index in [9.17, 15) is 0 Å². The van der Waals surface area contributed by atoms with E-state index in [-0.39, 0.29) is 5.92 Å². The Morgan fingerprint density at radius 1 is 1.00 bits per heavy atom. The number of nitrogens with two attached hydrogens (primary N) is 1. The van der Waals surface area contributed by atoms with E-state index < -0.39 is 0 Å². The molecule has 0 radical (unpaired) electrons. The van der Waals surface area contributed by atoms with Crippen LogP contribution in [0.5, 0.6) is 0 Å². The van der Waals surface area contributed by atoms with Crippen LogP contribution in [-0.4, -0.2) is 19.5 Å². The van der Waals surface area contributed by atoms with Gasteiger partial charge < -0.3 is 10.3 Å². The lowest BCUT2D eigenvalue weighted by atomic mass is 9.90. The molecule has 0 spiro atoms. The highest BCUT2D eigenvalue weighted by Gasteiger charge is 2.20. The summed E-state index contributed by atoms with van der Waals surface area (Å²) in [4.78, 5) is 13.6. The van der Waals surface area contributed by atoms with Crippen LogP contribution in [0.2, 0.25) is 0 Å². The van der Waals surface area contributed by atoms with Gasteiger partial charge in [-0.25, -0.2) is 15.0 Å². The van der Waals surface area contributed by atoms with Crippen molar-refractivity contribution in [1.29, 1.82) is 0 Å². The SMILES string of the molecule is CC(c1ccccc1Br)c1cc(-c2cn(C)c3ccccc23)nc2ncnc(N)c12. The first-order valence-electron chi connectivity index (χ1n) is 9.74. The Kier molecular flexibility index (Phi) is 4.51. The average molecular weight is 458 g/mol. The maximum absolute atomic E-state index is 6.29. The average Bonchev–Trinajstić information content (AvgIpc) is 3.10. The van der Waals surface area contributed by atoms with E-state index in [1.807, 2.05) is 18.2 Å². The van der Waals surface area contributed by atoms with Gasteiger partial charge in [0.15, 0.2) is 5.65 Å². The fourth-order valence-electron chi connectivity index (χ4n) is 4.14. The minimum atomic E-state index is 0.0769. The molecule has 0 fully saturated rings. The van der Waals surface area contributed by atoms with Crippen molar-refractivity contribution in [3.8, 4) is 11.3 Å². The summed E-state index contributed by atoms with van der Waals surface area (Å²) < 4.78 is 3.19. The number of para-hydroxylation sites is 1. The number of nitrogen functional groups attached to an aromatic ring is 1. The number of pyridine rings is 1. The zero-order valence-electron chi connectivity index (χ0n) is 16.7. The molecule has 0 aliphatic heterocycles. The molecule has 0 saturated heterocycles. The molecule has 0 aliphatic carbocycles. The van der Waals surface area contributed by atoms with Crippen LogP contribution in [0.4, 0.5) is 5.82 Å². The largest absolute Gasteiger partial charge is 0.383 e. The van der Waals surface area contributed by atoms with Crippen molar-refractivity contribution in [2.24, 2.45) is 7.05 Å². The molecule has 5 nitrogen and oxygen atoms in total. The highest BCUT2D eigenvalue weighted by Crippen LogP contribution is 2.38. The topological polar surface area (TPSA) is 69.6 Å². The van der Waals surface area contributed by atoms with E-state index >= 15 is 0 Å².